The van der Waals surface area contributed by atoms with Crippen LogP contribution in [0.15, 0.2) is 42.5 Å². The predicted molar refractivity (Wildman–Crippen MR) is 168 cm³/mol. The Morgan fingerprint density at radius 2 is 1.71 bits per heavy atom. The summed E-state index contributed by atoms with van der Waals surface area (Å²) in [4.78, 5) is 55.0. The maximum absolute atomic E-state index is 16.1. The number of amides is 4. The number of carbonyl (C=O) groups excluding carboxylic acids is 4. The second kappa shape index (κ2) is 13.3. The summed E-state index contributed by atoms with van der Waals surface area (Å²) in [6.45, 7) is 2.55. The number of aliphatic hydroxyl groups is 1. The van der Waals surface area contributed by atoms with Crippen LogP contribution in [0.3, 0.4) is 0 Å². The van der Waals surface area contributed by atoms with Gasteiger partial charge in [0.2, 0.25) is 17.7 Å². The topological polar surface area (TPSA) is 119 Å². The van der Waals surface area contributed by atoms with Gasteiger partial charge in [-0.1, -0.05) is 43.7 Å². The summed E-state index contributed by atoms with van der Waals surface area (Å²) in [5, 5.41) is 17.5. The van der Waals surface area contributed by atoms with Crippen molar-refractivity contribution in [3.8, 4) is 0 Å². The van der Waals surface area contributed by atoms with Crippen molar-refractivity contribution in [1.82, 2.24) is 10.6 Å². The molecule has 2 aliphatic carbocycles. The van der Waals surface area contributed by atoms with E-state index >= 15 is 4.39 Å². The second-order valence-electron chi connectivity index (χ2n) is 13.4. The Morgan fingerprint density at radius 3 is 2.33 bits per heavy atom. The molecule has 2 saturated carbocycles. The van der Waals surface area contributed by atoms with Crippen molar-refractivity contribution in [2.24, 2.45) is 17.8 Å². The van der Waals surface area contributed by atoms with E-state index < -0.39 is 29.8 Å². The lowest BCUT2D eigenvalue weighted by Crippen LogP contribution is -2.47. The van der Waals surface area contributed by atoms with Gasteiger partial charge in [0.1, 0.15) is 0 Å². The highest BCUT2D eigenvalue weighted by molar-refractivity contribution is 6.03. The Hall–Kier alpha value is -3.79. The van der Waals surface area contributed by atoms with Crippen molar-refractivity contribution in [3.05, 3.63) is 59.4 Å². The lowest BCUT2D eigenvalue weighted by molar-refractivity contribution is -0.126. The SMILES string of the molecule is CC(CC(O)[C@H](Cc1ccccc1)NC(=O)c1cc(N2CCCC2=O)cc(N2CCCC2=O)c1F)C(=O)NC1CC2CCC1C2. The van der Waals surface area contributed by atoms with E-state index in [1.807, 2.05) is 30.3 Å². The first kappa shape index (κ1) is 31.2. The van der Waals surface area contributed by atoms with E-state index in [1.54, 1.807) is 6.92 Å². The Kier molecular flexibility index (Phi) is 9.21. The third-order valence-corrected chi connectivity index (χ3v) is 10.2. The van der Waals surface area contributed by atoms with Crippen molar-refractivity contribution >= 4 is 35.0 Å². The molecule has 0 radical (unpaired) electrons. The molecule has 240 valence electrons. The van der Waals surface area contributed by atoms with Gasteiger partial charge < -0.3 is 25.5 Å². The number of hydrogen-bond donors (Lipinski definition) is 3. The average molecular weight is 619 g/mol. The molecule has 4 fully saturated rings. The number of carbonyl (C=O) groups is 4. The molecule has 5 unspecified atom stereocenters. The number of anilines is 2. The molecule has 2 aliphatic heterocycles. The predicted octanol–water partition coefficient (Wildman–Crippen LogP) is 4.11. The summed E-state index contributed by atoms with van der Waals surface area (Å²) in [6, 6.07) is 11.6. The van der Waals surface area contributed by atoms with E-state index in [-0.39, 0.29) is 54.3 Å². The minimum absolute atomic E-state index is 0.0223. The smallest absolute Gasteiger partial charge is 0.254 e. The summed E-state index contributed by atoms with van der Waals surface area (Å²) in [6.07, 6.45) is 5.71. The number of benzene rings is 2. The highest BCUT2D eigenvalue weighted by atomic mass is 19.1. The Bertz CT molecular complexity index is 1450. The first-order valence-corrected chi connectivity index (χ1v) is 16.5. The van der Waals surface area contributed by atoms with Gasteiger partial charge >= 0.3 is 0 Å². The first-order valence-electron chi connectivity index (χ1n) is 16.5. The molecule has 2 saturated heterocycles. The van der Waals surface area contributed by atoms with Gasteiger partial charge in [0.15, 0.2) is 5.82 Å². The van der Waals surface area contributed by atoms with E-state index in [2.05, 4.69) is 10.6 Å². The van der Waals surface area contributed by atoms with Crippen LogP contribution in [-0.4, -0.2) is 60.0 Å². The maximum atomic E-state index is 16.1. The number of nitrogens with one attached hydrogen (secondary N) is 2. The van der Waals surface area contributed by atoms with Crippen LogP contribution in [0.2, 0.25) is 0 Å². The molecular weight excluding hydrogens is 575 g/mol. The normalized spacial score (nSPS) is 24.6. The van der Waals surface area contributed by atoms with Crippen LogP contribution in [0.5, 0.6) is 0 Å². The van der Waals surface area contributed by atoms with Gasteiger partial charge in [0, 0.05) is 43.6 Å². The van der Waals surface area contributed by atoms with E-state index in [9.17, 15) is 24.3 Å². The minimum Gasteiger partial charge on any atom is -0.391 e. The number of rotatable bonds is 11. The second-order valence-corrected chi connectivity index (χ2v) is 13.4. The van der Waals surface area contributed by atoms with E-state index in [0.29, 0.717) is 49.9 Å². The van der Waals surface area contributed by atoms with Crippen molar-refractivity contribution < 1.29 is 28.7 Å². The highest BCUT2D eigenvalue weighted by Gasteiger charge is 2.41. The van der Waals surface area contributed by atoms with Crippen LogP contribution < -0.4 is 20.4 Å². The molecule has 2 bridgehead atoms. The molecule has 6 atom stereocenters. The maximum Gasteiger partial charge on any atom is 0.254 e. The van der Waals surface area contributed by atoms with Gasteiger partial charge in [-0.3, -0.25) is 19.2 Å². The Morgan fingerprint density at radius 1 is 1.00 bits per heavy atom. The number of hydrogen-bond acceptors (Lipinski definition) is 5. The largest absolute Gasteiger partial charge is 0.391 e. The Labute approximate surface area is 263 Å². The first-order chi connectivity index (χ1) is 21.7. The summed E-state index contributed by atoms with van der Waals surface area (Å²) in [5.41, 5.74) is 0.908. The van der Waals surface area contributed by atoms with Gasteiger partial charge in [-0.15, -0.1) is 0 Å². The molecule has 10 heteroatoms. The molecule has 2 aromatic rings. The van der Waals surface area contributed by atoms with Gasteiger partial charge in [0.05, 0.1) is 23.4 Å². The molecule has 0 spiro atoms. The summed E-state index contributed by atoms with van der Waals surface area (Å²) in [5.74, 6) is -1.34. The van der Waals surface area contributed by atoms with Crippen LogP contribution in [0.25, 0.3) is 0 Å². The molecule has 6 rings (SSSR count). The zero-order valence-electron chi connectivity index (χ0n) is 25.8. The van der Waals surface area contributed by atoms with Crippen LogP contribution in [0, 0.1) is 23.6 Å². The van der Waals surface area contributed by atoms with Crippen molar-refractivity contribution in [3.63, 3.8) is 0 Å². The zero-order valence-corrected chi connectivity index (χ0v) is 25.8. The van der Waals surface area contributed by atoms with E-state index in [0.717, 1.165) is 18.4 Å². The molecule has 3 N–H and O–H groups in total. The van der Waals surface area contributed by atoms with Crippen molar-refractivity contribution in [2.45, 2.75) is 89.3 Å². The third-order valence-electron chi connectivity index (χ3n) is 10.2. The monoisotopic (exact) mass is 618 g/mol. The molecule has 9 nitrogen and oxygen atoms in total. The zero-order chi connectivity index (χ0) is 31.7. The molecule has 45 heavy (non-hydrogen) atoms. The number of fused-ring (bicyclic) bond motifs is 2. The van der Waals surface area contributed by atoms with E-state index in [1.165, 1.54) is 34.8 Å². The Balaban J connectivity index is 1.23. The lowest BCUT2D eigenvalue weighted by atomic mass is 9.91. The molecule has 2 aromatic carbocycles. The molecule has 2 heterocycles. The molecular formula is C35H43FN4O5. The highest BCUT2D eigenvalue weighted by Crippen LogP contribution is 2.44. The average Bonchev–Trinajstić information content (AvgIpc) is 3.84. The van der Waals surface area contributed by atoms with Gasteiger partial charge in [0.25, 0.3) is 5.91 Å². The van der Waals surface area contributed by atoms with Crippen LogP contribution >= 0.6 is 0 Å². The summed E-state index contributed by atoms with van der Waals surface area (Å²) >= 11 is 0. The summed E-state index contributed by atoms with van der Waals surface area (Å²) in [7, 11) is 0. The summed E-state index contributed by atoms with van der Waals surface area (Å²) < 4.78 is 16.1. The van der Waals surface area contributed by atoms with Crippen LogP contribution in [-0.2, 0) is 20.8 Å². The molecule has 4 amide bonds. The van der Waals surface area contributed by atoms with E-state index in [4.69, 9.17) is 0 Å². The number of halogens is 1. The van der Waals surface area contributed by atoms with Crippen molar-refractivity contribution in [1.29, 1.82) is 0 Å². The van der Waals surface area contributed by atoms with Crippen LogP contribution in [0.4, 0.5) is 15.8 Å². The minimum atomic E-state index is -1.10. The molecule has 0 aromatic heterocycles. The third kappa shape index (κ3) is 6.76. The fraction of sp³-hybridized carbons (Fsp3) is 0.543. The van der Waals surface area contributed by atoms with Crippen molar-refractivity contribution in [2.75, 3.05) is 22.9 Å². The number of nitrogens with zero attached hydrogens (tertiary/aromatic N) is 2. The lowest BCUT2D eigenvalue weighted by Gasteiger charge is -2.29. The standard InChI is InChI=1S/C35H43FN4O5/c1-21(34(44)37-27-18-23-11-12-24(27)16-23)15-30(41)28(17-22-7-3-2-4-8-22)38-35(45)26-19-25(39-13-5-9-31(39)42)20-29(33(26)36)40-14-6-10-32(40)43/h2-4,7-8,19-21,23-24,27-28,30,41H,5-6,9-18H2,1H3,(H,37,44)(H,38,45)/t21?,23?,24?,27?,28-,30?/m0/s1. The fourth-order valence-electron chi connectivity index (χ4n) is 7.71. The van der Waals surface area contributed by atoms with Gasteiger partial charge in [-0.25, -0.2) is 4.39 Å². The number of aliphatic hydroxyl groups excluding tert-OH is 1. The van der Waals surface area contributed by atoms with Crippen LogP contribution in [0.1, 0.15) is 80.6 Å². The van der Waals surface area contributed by atoms with Gasteiger partial charge in [-0.05, 0) is 74.5 Å². The quantitative estimate of drug-likeness (QED) is 0.350. The van der Waals surface area contributed by atoms with Gasteiger partial charge in [-0.2, -0.15) is 0 Å². The fourth-order valence-corrected chi connectivity index (χ4v) is 7.71. The molecule has 4 aliphatic rings.